The van der Waals surface area contributed by atoms with E-state index in [0.29, 0.717) is 0 Å². The summed E-state index contributed by atoms with van der Waals surface area (Å²) in [6.07, 6.45) is 2.38. The van der Waals surface area contributed by atoms with Crippen LogP contribution >= 0.6 is 0 Å². The van der Waals surface area contributed by atoms with E-state index >= 15 is 0 Å². The molecule has 2 nitrogen and oxygen atoms in total. The van der Waals surface area contributed by atoms with Crippen molar-refractivity contribution < 1.29 is 39.5 Å². The van der Waals surface area contributed by atoms with E-state index in [0.717, 1.165) is 6.08 Å². The van der Waals surface area contributed by atoms with E-state index in [1.165, 1.54) is 6.08 Å². The maximum atomic E-state index is 9.40. The van der Waals surface area contributed by atoms with Crippen LogP contribution < -0.4 is 34.7 Å². The van der Waals surface area contributed by atoms with Crippen LogP contribution in [-0.2, 0) is 4.79 Å². The van der Waals surface area contributed by atoms with Gasteiger partial charge in [0.2, 0.25) is 0 Å². The summed E-state index contributed by atoms with van der Waals surface area (Å²) in [4.78, 5) is 9.40. The van der Waals surface area contributed by atoms with Crippen LogP contribution in [0.15, 0.2) is 12.2 Å². The fourth-order valence-electron chi connectivity index (χ4n) is 0.136. The quantitative estimate of drug-likeness (QED) is 0.256. The Bertz CT molecular complexity index is 77.8. The Balaban J connectivity index is 0. The van der Waals surface area contributed by atoms with Gasteiger partial charge in [0.15, 0.2) is 0 Å². The van der Waals surface area contributed by atoms with E-state index in [-0.39, 0.29) is 29.6 Å². The summed E-state index contributed by atoms with van der Waals surface area (Å²) in [5, 5.41) is 9.40. The number of carbonyl (C=O) groups is 1. The number of allylic oxidation sites excluding steroid dienone is 1. The third-order valence-electron chi connectivity index (χ3n) is 0.303. The summed E-state index contributed by atoms with van der Waals surface area (Å²) in [6, 6.07) is 0. The van der Waals surface area contributed by atoms with E-state index in [1.807, 2.05) is 0 Å². The summed E-state index contributed by atoms with van der Waals surface area (Å²) in [5.74, 6) is -1.14. The molecule has 0 radical (unpaired) electrons. The number of rotatable bonds is 1. The predicted octanol–water partition coefficient (Wildman–Crippen LogP) is -3.68. The van der Waals surface area contributed by atoms with Gasteiger partial charge in [0.1, 0.15) is 0 Å². The molecule has 0 aliphatic carbocycles. The molecule has 0 aromatic carbocycles. The monoisotopic (exact) mass is 108 g/mol. The SMILES string of the molecule is CC=CC(=O)[O-].[Na+]. The van der Waals surface area contributed by atoms with E-state index < -0.39 is 5.97 Å². The van der Waals surface area contributed by atoms with Crippen LogP contribution in [0, 0.1) is 0 Å². The molecule has 0 aliphatic rings. The molecule has 0 saturated carbocycles. The van der Waals surface area contributed by atoms with Crippen LogP contribution in [0.25, 0.3) is 0 Å². The number of carboxylic acid groups (broad SMARTS) is 1. The Morgan fingerprint density at radius 3 is 2.14 bits per heavy atom. The fourth-order valence-corrected chi connectivity index (χ4v) is 0.136. The summed E-state index contributed by atoms with van der Waals surface area (Å²) >= 11 is 0. The van der Waals surface area contributed by atoms with Gasteiger partial charge in [-0.25, -0.2) is 0 Å². The zero-order valence-corrected chi connectivity index (χ0v) is 6.47. The molecule has 0 fully saturated rings. The molecule has 0 aliphatic heterocycles. The zero-order chi connectivity index (χ0) is 4.99. The van der Waals surface area contributed by atoms with E-state index in [4.69, 9.17) is 0 Å². The number of hydrogen-bond acceptors (Lipinski definition) is 2. The Morgan fingerprint density at radius 1 is 1.71 bits per heavy atom. The first-order valence-corrected chi connectivity index (χ1v) is 1.61. The molecule has 0 bridgehead atoms. The summed E-state index contributed by atoms with van der Waals surface area (Å²) < 4.78 is 0. The molecule has 3 heteroatoms. The zero-order valence-electron chi connectivity index (χ0n) is 4.47. The molecule has 34 valence electrons. The van der Waals surface area contributed by atoms with E-state index in [1.54, 1.807) is 6.92 Å². The molecule has 0 heterocycles. The molecule has 0 aromatic heterocycles. The predicted molar refractivity (Wildman–Crippen MR) is 19.8 cm³/mol. The first-order chi connectivity index (χ1) is 2.77. The molecule has 0 saturated heterocycles. The van der Waals surface area contributed by atoms with Gasteiger partial charge in [-0.3, -0.25) is 0 Å². The minimum Gasteiger partial charge on any atom is -0.545 e. The number of aliphatic carboxylic acids is 1. The van der Waals surface area contributed by atoms with Crippen molar-refractivity contribution in [2.45, 2.75) is 6.92 Å². The van der Waals surface area contributed by atoms with Crippen molar-refractivity contribution in [1.29, 1.82) is 0 Å². The van der Waals surface area contributed by atoms with Gasteiger partial charge in [-0.05, 0) is 13.0 Å². The van der Waals surface area contributed by atoms with Crippen molar-refractivity contribution in [2.75, 3.05) is 0 Å². The first-order valence-electron chi connectivity index (χ1n) is 1.61. The Hall–Kier alpha value is 0.210. The van der Waals surface area contributed by atoms with Gasteiger partial charge < -0.3 is 9.90 Å². The standard InChI is InChI=1S/C4H6O2.Na/c1-2-3-4(5)6;/h2-3H,1H3,(H,5,6);/q;+1/p-1. The number of hydrogen-bond donors (Lipinski definition) is 0. The van der Waals surface area contributed by atoms with Crippen molar-refractivity contribution in [3.8, 4) is 0 Å². The normalized spacial score (nSPS) is 8.14. The molecule has 0 rings (SSSR count). The van der Waals surface area contributed by atoms with Crippen molar-refractivity contribution >= 4 is 5.97 Å². The molecular formula is C4H5NaO2. The van der Waals surface area contributed by atoms with Crippen LogP contribution in [-0.4, -0.2) is 5.97 Å². The van der Waals surface area contributed by atoms with Crippen LogP contribution in [0.4, 0.5) is 0 Å². The average molecular weight is 108 g/mol. The van der Waals surface area contributed by atoms with Gasteiger partial charge in [0.25, 0.3) is 0 Å². The maximum absolute atomic E-state index is 9.40. The topological polar surface area (TPSA) is 40.1 Å². The van der Waals surface area contributed by atoms with Crippen molar-refractivity contribution in [3.05, 3.63) is 12.2 Å². The molecular weight excluding hydrogens is 103 g/mol. The molecule has 0 N–H and O–H groups in total. The minimum atomic E-state index is -1.14. The largest absolute Gasteiger partial charge is 1.00 e. The smallest absolute Gasteiger partial charge is 0.545 e. The van der Waals surface area contributed by atoms with Crippen LogP contribution in [0.3, 0.4) is 0 Å². The van der Waals surface area contributed by atoms with Crippen LogP contribution in [0.1, 0.15) is 6.92 Å². The van der Waals surface area contributed by atoms with Gasteiger partial charge in [-0.1, -0.05) is 6.08 Å². The second-order valence-corrected chi connectivity index (χ2v) is 0.819. The number of carboxylic acids is 1. The van der Waals surface area contributed by atoms with E-state index in [9.17, 15) is 9.90 Å². The minimum absolute atomic E-state index is 0. The third kappa shape index (κ3) is 10.7. The molecule has 0 amide bonds. The summed E-state index contributed by atoms with van der Waals surface area (Å²) in [7, 11) is 0. The van der Waals surface area contributed by atoms with E-state index in [2.05, 4.69) is 0 Å². The van der Waals surface area contributed by atoms with Gasteiger partial charge >= 0.3 is 29.6 Å². The second kappa shape index (κ2) is 6.21. The Kier molecular flexibility index (Phi) is 9.09. The molecule has 7 heavy (non-hydrogen) atoms. The first kappa shape index (κ1) is 10.2. The summed E-state index contributed by atoms with van der Waals surface area (Å²) in [5.41, 5.74) is 0. The Morgan fingerprint density at radius 2 is 2.14 bits per heavy atom. The van der Waals surface area contributed by atoms with Gasteiger partial charge in [0, 0.05) is 0 Å². The third-order valence-corrected chi connectivity index (χ3v) is 0.303. The van der Waals surface area contributed by atoms with Gasteiger partial charge in [0.05, 0.1) is 5.97 Å². The fraction of sp³-hybridized carbons (Fsp3) is 0.250. The van der Waals surface area contributed by atoms with Crippen molar-refractivity contribution in [3.63, 3.8) is 0 Å². The maximum Gasteiger partial charge on any atom is 1.00 e. The van der Waals surface area contributed by atoms with Crippen molar-refractivity contribution in [2.24, 2.45) is 0 Å². The molecule has 0 spiro atoms. The molecule has 0 aromatic rings. The molecule has 0 unspecified atom stereocenters. The second-order valence-electron chi connectivity index (χ2n) is 0.819. The molecule has 0 atom stereocenters. The number of carbonyl (C=O) groups excluding carboxylic acids is 1. The Labute approximate surface area is 64.5 Å². The van der Waals surface area contributed by atoms with Crippen LogP contribution in [0.2, 0.25) is 0 Å². The van der Waals surface area contributed by atoms with Crippen molar-refractivity contribution in [1.82, 2.24) is 0 Å². The van der Waals surface area contributed by atoms with Gasteiger partial charge in [-0.2, -0.15) is 0 Å². The van der Waals surface area contributed by atoms with Crippen LogP contribution in [0.5, 0.6) is 0 Å². The average Bonchev–Trinajstić information content (AvgIpc) is 1.35. The van der Waals surface area contributed by atoms with Gasteiger partial charge in [-0.15, -0.1) is 0 Å². The summed E-state index contributed by atoms with van der Waals surface area (Å²) in [6.45, 7) is 1.62.